The number of aliphatic hydroxyl groups excluding tert-OH is 1. The fourth-order valence-corrected chi connectivity index (χ4v) is 1.82. The van der Waals surface area contributed by atoms with Crippen LogP contribution in [0.25, 0.3) is 0 Å². The lowest BCUT2D eigenvalue weighted by atomic mass is 10.0. The van der Waals surface area contributed by atoms with Crippen LogP contribution in [0.1, 0.15) is 51.2 Å². The Kier molecular flexibility index (Phi) is 6.36. The monoisotopic (exact) mass is 266 g/mol. The molecule has 0 saturated carbocycles. The summed E-state index contributed by atoms with van der Waals surface area (Å²) >= 11 is 0. The Labute approximate surface area is 114 Å². The van der Waals surface area contributed by atoms with E-state index in [1.807, 2.05) is 38.1 Å². The second-order valence-electron chi connectivity index (χ2n) is 4.89. The summed E-state index contributed by atoms with van der Waals surface area (Å²) in [4.78, 5) is 10.4. The summed E-state index contributed by atoms with van der Waals surface area (Å²) in [5.41, 5.74) is 0.839. The van der Waals surface area contributed by atoms with Crippen molar-refractivity contribution in [3.63, 3.8) is 0 Å². The first kappa shape index (κ1) is 15.5. The van der Waals surface area contributed by atoms with Crippen LogP contribution in [-0.2, 0) is 4.79 Å². The quantitative estimate of drug-likeness (QED) is 0.709. The topological polar surface area (TPSA) is 66.8 Å². The molecule has 0 fully saturated rings. The summed E-state index contributed by atoms with van der Waals surface area (Å²) in [7, 11) is 0. The molecule has 4 nitrogen and oxygen atoms in total. The van der Waals surface area contributed by atoms with Crippen LogP contribution in [0.15, 0.2) is 24.3 Å². The lowest BCUT2D eigenvalue weighted by molar-refractivity contribution is -0.137. The molecule has 2 N–H and O–H groups in total. The molecule has 0 aliphatic rings. The molecule has 0 aliphatic heterocycles. The Morgan fingerprint density at radius 3 is 2.37 bits per heavy atom. The minimum absolute atomic E-state index is 0.131. The number of hydrogen-bond acceptors (Lipinski definition) is 3. The summed E-state index contributed by atoms with van der Waals surface area (Å²) in [5, 5.41) is 18.5. The molecule has 0 aliphatic carbocycles. The van der Waals surface area contributed by atoms with Crippen LogP contribution in [-0.4, -0.2) is 22.3 Å². The number of carboxylic acids is 1. The van der Waals surface area contributed by atoms with Crippen molar-refractivity contribution < 1.29 is 19.7 Å². The number of benzene rings is 1. The Balaban J connectivity index is 2.39. The Morgan fingerprint density at radius 2 is 1.84 bits per heavy atom. The molecule has 0 saturated heterocycles. The number of aliphatic carboxylic acids is 1. The fourth-order valence-electron chi connectivity index (χ4n) is 1.82. The largest absolute Gasteiger partial charge is 0.491 e. The number of hydrogen-bond donors (Lipinski definition) is 2. The molecular weight excluding hydrogens is 244 g/mol. The number of rotatable bonds is 8. The zero-order valence-corrected chi connectivity index (χ0v) is 11.5. The molecule has 0 spiro atoms. The predicted octanol–water partition coefficient (Wildman–Crippen LogP) is 3.15. The summed E-state index contributed by atoms with van der Waals surface area (Å²) in [6, 6.07) is 7.38. The third-order valence-electron chi connectivity index (χ3n) is 2.75. The number of carbonyl (C=O) groups is 1. The van der Waals surface area contributed by atoms with E-state index in [9.17, 15) is 9.90 Å². The second kappa shape index (κ2) is 7.79. The van der Waals surface area contributed by atoms with Gasteiger partial charge in [0, 0.05) is 6.42 Å². The van der Waals surface area contributed by atoms with Gasteiger partial charge < -0.3 is 14.9 Å². The van der Waals surface area contributed by atoms with Gasteiger partial charge in [-0.05, 0) is 50.8 Å². The number of ether oxygens (including phenoxy) is 1. The van der Waals surface area contributed by atoms with E-state index >= 15 is 0 Å². The Hall–Kier alpha value is -1.55. The van der Waals surface area contributed by atoms with Crippen molar-refractivity contribution in [3.05, 3.63) is 29.8 Å². The first-order chi connectivity index (χ1) is 8.99. The van der Waals surface area contributed by atoms with Crippen molar-refractivity contribution in [2.75, 3.05) is 0 Å². The van der Waals surface area contributed by atoms with E-state index in [1.165, 1.54) is 0 Å². The van der Waals surface area contributed by atoms with Crippen LogP contribution in [0.5, 0.6) is 5.75 Å². The van der Waals surface area contributed by atoms with Crippen molar-refractivity contribution in [3.8, 4) is 5.75 Å². The Bertz CT molecular complexity index is 384. The average Bonchev–Trinajstić information content (AvgIpc) is 2.34. The molecule has 0 bridgehead atoms. The van der Waals surface area contributed by atoms with Gasteiger partial charge in [-0.15, -0.1) is 0 Å². The molecule has 4 heteroatoms. The maximum atomic E-state index is 10.4. The van der Waals surface area contributed by atoms with E-state index in [4.69, 9.17) is 9.84 Å². The molecule has 0 heterocycles. The summed E-state index contributed by atoms with van der Waals surface area (Å²) in [6.07, 6.45) is 1.64. The van der Waals surface area contributed by atoms with Gasteiger partial charge in [0.1, 0.15) is 5.75 Å². The van der Waals surface area contributed by atoms with Crippen LogP contribution in [0.2, 0.25) is 0 Å². The smallest absolute Gasteiger partial charge is 0.303 e. The summed E-state index contributed by atoms with van der Waals surface area (Å²) in [5.74, 6) is 0.00139. The van der Waals surface area contributed by atoms with E-state index in [0.717, 1.165) is 11.3 Å². The van der Waals surface area contributed by atoms with Crippen LogP contribution in [0.3, 0.4) is 0 Å². The zero-order chi connectivity index (χ0) is 14.3. The minimum Gasteiger partial charge on any atom is -0.491 e. The molecule has 0 aromatic heterocycles. The van der Waals surface area contributed by atoms with Gasteiger partial charge >= 0.3 is 5.97 Å². The normalized spacial score (nSPS) is 12.4. The van der Waals surface area contributed by atoms with Crippen molar-refractivity contribution in [2.24, 2.45) is 0 Å². The van der Waals surface area contributed by atoms with Crippen molar-refractivity contribution in [1.82, 2.24) is 0 Å². The number of aliphatic hydroxyl groups is 1. The van der Waals surface area contributed by atoms with Crippen LogP contribution in [0, 0.1) is 0 Å². The highest BCUT2D eigenvalue weighted by Gasteiger charge is 2.08. The zero-order valence-electron chi connectivity index (χ0n) is 11.5. The van der Waals surface area contributed by atoms with E-state index < -0.39 is 12.1 Å². The molecule has 19 heavy (non-hydrogen) atoms. The third-order valence-corrected chi connectivity index (χ3v) is 2.75. The average molecular weight is 266 g/mol. The molecule has 0 radical (unpaired) electrons. The van der Waals surface area contributed by atoms with Gasteiger partial charge in [0.2, 0.25) is 0 Å². The lowest BCUT2D eigenvalue weighted by Gasteiger charge is -2.13. The van der Waals surface area contributed by atoms with Crippen LogP contribution in [0.4, 0.5) is 0 Å². The Morgan fingerprint density at radius 1 is 1.21 bits per heavy atom. The molecule has 1 unspecified atom stereocenters. The molecule has 106 valence electrons. The fraction of sp³-hybridized carbons (Fsp3) is 0.533. The first-order valence-corrected chi connectivity index (χ1v) is 6.65. The third kappa shape index (κ3) is 6.25. The van der Waals surface area contributed by atoms with Crippen molar-refractivity contribution in [1.29, 1.82) is 0 Å². The van der Waals surface area contributed by atoms with Crippen LogP contribution < -0.4 is 4.74 Å². The van der Waals surface area contributed by atoms with Gasteiger partial charge in [-0.2, -0.15) is 0 Å². The maximum absolute atomic E-state index is 10.4. The molecule has 1 aromatic carbocycles. The van der Waals surface area contributed by atoms with Crippen molar-refractivity contribution in [2.45, 2.75) is 51.7 Å². The standard InChI is InChI=1S/C15H22O4/c1-11(2)19-13-9-7-12(8-10-13)14(16)5-3-4-6-15(17)18/h7-11,14,16H,3-6H2,1-2H3,(H,17,18). The molecule has 1 rings (SSSR count). The van der Waals surface area contributed by atoms with E-state index in [0.29, 0.717) is 19.3 Å². The second-order valence-corrected chi connectivity index (χ2v) is 4.89. The minimum atomic E-state index is -0.787. The lowest BCUT2D eigenvalue weighted by Crippen LogP contribution is -2.05. The van der Waals surface area contributed by atoms with E-state index in [-0.39, 0.29) is 12.5 Å². The van der Waals surface area contributed by atoms with E-state index in [1.54, 1.807) is 0 Å². The van der Waals surface area contributed by atoms with Crippen molar-refractivity contribution >= 4 is 5.97 Å². The highest BCUT2D eigenvalue weighted by Crippen LogP contribution is 2.22. The van der Waals surface area contributed by atoms with Gasteiger partial charge in [0.05, 0.1) is 12.2 Å². The highest BCUT2D eigenvalue weighted by atomic mass is 16.5. The van der Waals surface area contributed by atoms with Gasteiger partial charge in [0.15, 0.2) is 0 Å². The molecule has 0 amide bonds. The molecular formula is C15H22O4. The van der Waals surface area contributed by atoms with Gasteiger partial charge in [-0.25, -0.2) is 0 Å². The summed E-state index contributed by atoms with van der Waals surface area (Å²) < 4.78 is 5.53. The van der Waals surface area contributed by atoms with Gasteiger partial charge in [-0.3, -0.25) is 4.79 Å². The van der Waals surface area contributed by atoms with E-state index in [2.05, 4.69) is 0 Å². The molecule has 1 aromatic rings. The predicted molar refractivity (Wildman–Crippen MR) is 73.3 cm³/mol. The number of unbranched alkanes of at least 4 members (excludes halogenated alkanes) is 1. The molecule has 1 atom stereocenters. The summed E-state index contributed by atoms with van der Waals surface area (Å²) in [6.45, 7) is 3.93. The van der Waals surface area contributed by atoms with Gasteiger partial charge in [0.25, 0.3) is 0 Å². The SMILES string of the molecule is CC(C)Oc1ccc(C(O)CCCCC(=O)O)cc1. The van der Waals surface area contributed by atoms with Crippen LogP contribution >= 0.6 is 0 Å². The maximum Gasteiger partial charge on any atom is 0.303 e. The first-order valence-electron chi connectivity index (χ1n) is 6.65. The highest BCUT2D eigenvalue weighted by molar-refractivity contribution is 5.66. The number of carboxylic acid groups (broad SMARTS) is 1. The van der Waals surface area contributed by atoms with Gasteiger partial charge in [-0.1, -0.05) is 12.1 Å².